The molecule has 0 fully saturated rings. The van der Waals surface area contributed by atoms with Crippen LogP contribution >= 0.6 is 12.4 Å². The zero-order valence-corrected chi connectivity index (χ0v) is 9.43. The minimum atomic E-state index is -0.465. The number of carbonyl (C=O) groups is 2. The van der Waals surface area contributed by atoms with Crippen molar-refractivity contribution in [3.8, 4) is 0 Å². The number of hydrogen-bond donors (Lipinski definition) is 2. The standard InChI is InChI=1S/C9H13N3O2.ClH/c1-6(13)9(12-7(2)14)3-8-4-10-5-11-8;/h4-5,9H,3H2,1-2H3,(H,10,11)(H,12,14);1H. The Morgan fingerprint density at radius 3 is 2.60 bits per heavy atom. The van der Waals surface area contributed by atoms with Crippen LogP contribution in [-0.4, -0.2) is 27.7 Å². The zero-order valence-electron chi connectivity index (χ0n) is 8.61. The maximum absolute atomic E-state index is 11.2. The van der Waals surface area contributed by atoms with E-state index in [4.69, 9.17) is 0 Å². The topological polar surface area (TPSA) is 74.8 Å². The van der Waals surface area contributed by atoms with Crippen molar-refractivity contribution in [1.29, 1.82) is 0 Å². The molecule has 0 aliphatic carbocycles. The van der Waals surface area contributed by atoms with Crippen molar-refractivity contribution >= 4 is 24.1 Å². The SMILES string of the molecule is CC(=O)NC(Cc1cnc[nH]1)C(C)=O.Cl. The number of rotatable bonds is 4. The molecule has 0 aliphatic heterocycles. The van der Waals surface area contributed by atoms with Crippen molar-refractivity contribution in [1.82, 2.24) is 15.3 Å². The zero-order chi connectivity index (χ0) is 10.6. The van der Waals surface area contributed by atoms with Crippen LogP contribution in [0.15, 0.2) is 12.5 Å². The minimum absolute atomic E-state index is 0. The average Bonchev–Trinajstić information content (AvgIpc) is 2.54. The molecule has 0 saturated heterocycles. The molecule has 1 rings (SSSR count). The summed E-state index contributed by atoms with van der Waals surface area (Å²) in [4.78, 5) is 28.7. The van der Waals surface area contributed by atoms with Gasteiger partial charge < -0.3 is 10.3 Å². The molecule has 0 spiro atoms. The Morgan fingerprint density at radius 2 is 2.20 bits per heavy atom. The number of aromatic nitrogens is 2. The number of ketones is 1. The highest BCUT2D eigenvalue weighted by Crippen LogP contribution is 1.99. The number of imidazole rings is 1. The lowest BCUT2D eigenvalue weighted by Gasteiger charge is -2.13. The quantitative estimate of drug-likeness (QED) is 0.791. The van der Waals surface area contributed by atoms with Crippen LogP contribution in [0.25, 0.3) is 0 Å². The molecular formula is C9H14ClN3O2. The molecule has 0 aromatic carbocycles. The third-order valence-corrected chi connectivity index (χ3v) is 1.85. The number of H-pyrrole nitrogens is 1. The van der Waals surface area contributed by atoms with Crippen molar-refractivity contribution < 1.29 is 9.59 Å². The lowest BCUT2D eigenvalue weighted by Crippen LogP contribution is -2.40. The fraction of sp³-hybridized carbons (Fsp3) is 0.444. The molecule has 1 heterocycles. The van der Waals surface area contributed by atoms with Gasteiger partial charge in [-0.15, -0.1) is 12.4 Å². The highest BCUT2D eigenvalue weighted by atomic mass is 35.5. The van der Waals surface area contributed by atoms with Crippen LogP contribution in [-0.2, 0) is 16.0 Å². The Hall–Kier alpha value is -1.36. The van der Waals surface area contributed by atoms with E-state index in [1.807, 2.05) is 0 Å². The Bertz CT molecular complexity index is 324. The first-order valence-electron chi connectivity index (χ1n) is 4.34. The van der Waals surface area contributed by atoms with E-state index in [1.165, 1.54) is 13.8 Å². The van der Waals surface area contributed by atoms with Crippen molar-refractivity contribution in [2.75, 3.05) is 0 Å². The number of aromatic amines is 1. The summed E-state index contributed by atoms with van der Waals surface area (Å²) in [7, 11) is 0. The number of amides is 1. The van der Waals surface area contributed by atoms with Gasteiger partial charge in [0.1, 0.15) is 0 Å². The van der Waals surface area contributed by atoms with Gasteiger partial charge in [-0.25, -0.2) is 4.98 Å². The van der Waals surface area contributed by atoms with Gasteiger partial charge in [-0.1, -0.05) is 0 Å². The first-order valence-corrected chi connectivity index (χ1v) is 4.34. The second-order valence-corrected chi connectivity index (χ2v) is 3.14. The van der Waals surface area contributed by atoms with E-state index in [0.717, 1.165) is 5.69 Å². The van der Waals surface area contributed by atoms with Gasteiger partial charge in [0, 0.05) is 25.2 Å². The molecule has 1 amide bonds. The Kier molecular flexibility index (Phi) is 5.62. The van der Waals surface area contributed by atoms with Crippen LogP contribution in [0.5, 0.6) is 0 Å². The molecule has 1 atom stereocenters. The van der Waals surface area contributed by atoms with Gasteiger partial charge in [-0.2, -0.15) is 0 Å². The first-order chi connectivity index (χ1) is 6.59. The molecule has 0 saturated carbocycles. The van der Waals surface area contributed by atoms with Crippen molar-refractivity contribution in [3.63, 3.8) is 0 Å². The summed E-state index contributed by atoms with van der Waals surface area (Å²) in [6, 6.07) is -0.465. The van der Waals surface area contributed by atoms with Gasteiger partial charge >= 0.3 is 0 Å². The maximum Gasteiger partial charge on any atom is 0.217 e. The monoisotopic (exact) mass is 231 g/mol. The molecular weight excluding hydrogens is 218 g/mol. The highest BCUT2D eigenvalue weighted by Gasteiger charge is 2.15. The molecule has 2 N–H and O–H groups in total. The third kappa shape index (κ3) is 4.60. The molecule has 5 nitrogen and oxygen atoms in total. The van der Waals surface area contributed by atoms with E-state index >= 15 is 0 Å². The number of Topliss-reactive ketones (excluding diaryl/α,β-unsaturated/α-hetero) is 1. The van der Waals surface area contributed by atoms with E-state index in [9.17, 15) is 9.59 Å². The van der Waals surface area contributed by atoms with E-state index in [0.29, 0.717) is 6.42 Å². The molecule has 0 aliphatic rings. The molecule has 1 aromatic rings. The van der Waals surface area contributed by atoms with Crippen molar-refractivity contribution in [3.05, 3.63) is 18.2 Å². The van der Waals surface area contributed by atoms with Crippen LogP contribution < -0.4 is 5.32 Å². The lowest BCUT2D eigenvalue weighted by atomic mass is 10.1. The number of hydrogen-bond acceptors (Lipinski definition) is 3. The summed E-state index contributed by atoms with van der Waals surface area (Å²) in [6.45, 7) is 2.85. The van der Waals surface area contributed by atoms with E-state index in [-0.39, 0.29) is 24.1 Å². The Morgan fingerprint density at radius 1 is 1.53 bits per heavy atom. The summed E-state index contributed by atoms with van der Waals surface area (Å²) >= 11 is 0. The fourth-order valence-electron chi connectivity index (χ4n) is 1.16. The first kappa shape index (κ1) is 13.6. The normalized spacial score (nSPS) is 11.3. The van der Waals surface area contributed by atoms with E-state index in [2.05, 4.69) is 15.3 Å². The predicted octanol–water partition coefficient (Wildman–Crippen LogP) is 0.468. The van der Waals surface area contributed by atoms with Gasteiger partial charge in [-0.3, -0.25) is 9.59 Å². The van der Waals surface area contributed by atoms with Crippen LogP contribution in [0.2, 0.25) is 0 Å². The molecule has 1 aromatic heterocycles. The molecule has 6 heteroatoms. The van der Waals surface area contributed by atoms with Gasteiger partial charge in [-0.05, 0) is 6.92 Å². The van der Waals surface area contributed by atoms with Crippen LogP contribution in [0.4, 0.5) is 0 Å². The van der Waals surface area contributed by atoms with E-state index in [1.54, 1.807) is 12.5 Å². The second kappa shape index (κ2) is 6.19. The largest absolute Gasteiger partial charge is 0.348 e. The summed E-state index contributed by atoms with van der Waals surface area (Å²) in [5, 5.41) is 2.58. The summed E-state index contributed by atoms with van der Waals surface area (Å²) in [5.74, 6) is -0.264. The second-order valence-electron chi connectivity index (χ2n) is 3.14. The fourth-order valence-corrected chi connectivity index (χ4v) is 1.16. The van der Waals surface area contributed by atoms with Crippen molar-refractivity contribution in [2.24, 2.45) is 0 Å². The van der Waals surface area contributed by atoms with Gasteiger partial charge in [0.2, 0.25) is 5.91 Å². The highest BCUT2D eigenvalue weighted by molar-refractivity contribution is 5.86. The molecule has 84 valence electrons. The number of carbonyl (C=O) groups excluding carboxylic acids is 2. The maximum atomic E-state index is 11.2. The van der Waals surface area contributed by atoms with Crippen LogP contribution in [0.1, 0.15) is 19.5 Å². The number of nitrogens with zero attached hydrogens (tertiary/aromatic N) is 1. The Balaban J connectivity index is 0.00000196. The smallest absolute Gasteiger partial charge is 0.217 e. The molecule has 15 heavy (non-hydrogen) atoms. The predicted molar refractivity (Wildman–Crippen MR) is 57.8 cm³/mol. The molecule has 0 bridgehead atoms. The summed E-state index contributed by atoms with van der Waals surface area (Å²) in [6.07, 6.45) is 3.63. The van der Waals surface area contributed by atoms with E-state index < -0.39 is 6.04 Å². The average molecular weight is 232 g/mol. The molecule has 0 radical (unpaired) electrons. The molecule has 1 unspecified atom stereocenters. The minimum Gasteiger partial charge on any atom is -0.348 e. The van der Waals surface area contributed by atoms with Gasteiger partial charge in [0.15, 0.2) is 5.78 Å². The van der Waals surface area contributed by atoms with Crippen LogP contribution in [0.3, 0.4) is 0 Å². The Labute approximate surface area is 94.1 Å². The van der Waals surface area contributed by atoms with Gasteiger partial charge in [0.05, 0.1) is 12.4 Å². The number of nitrogens with one attached hydrogen (secondary N) is 2. The van der Waals surface area contributed by atoms with Crippen molar-refractivity contribution in [2.45, 2.75) is 26.3 Å². The van der Waals surface area contributed by atoms with Gasteiger partial charge in [0.25, 0.3) is 0 Å². The third-order valence-electron chi connectivity index (χ3n) is 1.85. The lowest BCUT2D eigenvalue weighted by molar-refractivity contribution is -0.125. The number of halogens is 1. The summed E-state index contributed by atoms with van der Waals surface area (Å²) in [5.41, 5.74) is 0.832. The van der Waals surface area contributed by atoms with Crippen LogP contribution in [0, 0.1) is 0 Å². The summed E-state index contributed by atoms with van der Waals surface area (Å²) < 4.78 is 0.